The van der Waals surface area contributed by atoms with Crippen molar-refractivity contribution in [3.05, 3.63) is 41.5 Å². The molecule has 5 heterocycles. The van der Waals surface area contributed by atoms with Gasteiger partial charge in [-0.15, -0.1) is 0 Å². The van der Waals surface area contributed by atoms with Crippen molar-refractivity contribution in [2.75, 3.05) is 58.4 Å². The highest BCUT2D eigenvalue weighted by Crippen LogP contribution is 2.40. The minimum atomic E-state index is -4.61. The Hall–Kier alpha value is -3.39. The van der Waals surface area contributed by atoms with Crippen LogP contribution in [0.15, 0.2) is 29.6 Å². The lowest BCUT2D eigenvalue weighted by molar-refractivity contribution is -0.0330. The molecule has 0 saturated carbocycles. The first-order valence-electron chi connectivity index (χ1n) is 14.1. The van der Waals surface area contributed by atoms with Gasteiger partial charge in [0.05, 0.1) is 44.2 Å². The van der Waals surface area contributed by atoms with E-state index in [0.717, 1.165) is 25.9 Å². The van der Waals surface area contributed by atoms with E-state index in [-0.39, 0.29) is 65.3 Å². The molecule has 238 valence electrons. The number of nitrogens with zero attached hydrogens (tertiary/aromatic N) is 5. The molecule has 3 aromatic rings. The first-order valence-corrected chi connectivity index (χ1v) is 14.9. The van der Waals surface area contributed by atoms with Crippen molar-refractivity contribution in [1.82, 2.24) is 29.4 Å². The van der Waals surface area contributed by atoms with Crippen LogP contribution in [0.1, 0.15) is 41.0 Å². The Balaban J connectivity index is 1.46. The van der Waals surface area contributed by atoms with Crippen molar-refractivity contribution in [3.8, 4) is 11.8 Å². The Morgan fingerprint density at radius 2 is 1.93 bits per heavy atom. The van der Waals surface area contributed by atoms with E-state index in [0.29, 0.717) is 25.5 Å². The highest BCUT2D eigenvalue weighted by Gasteiger charge is 2.34. The van der Waals surface area contributed by atoms with Crippen LogP contribution in [0.3, 0.4) is 0 Å². The molecule has 0 unspecified atom stereocenters. The molecule has 1 saturated heterocycles. The highest BCUT2D eigenvalue weighted by atomic mass is 32.2. The van der Waals surface area contributed by atoms with Crippen LogP contribution in [-0.2, 0) is 16.0 Å². The number of alkyl halides is 5. The van der Waals surface area contributed by atoms with Gasteiger partial charge in [0.2, 0.25) is 0 Å². The lowest BCUT2D eigenvalue weighted by atomic mass is 9.89. The molecule has 3 aromatic heterocycles. The molecule has 44 heavy (non-hydrogen) atoms. The van der Waals surface area contributed by atoms with E-state index in [9.17, 15) is 26.7 Å². The van der Waals surface area contributed by atoms with E-state index in [2.05, 4.69) is 37.5 Å². The average Bonchev–Trinajstić information content (AvgIpc) is 3.55. The number of rotatable bonds is 2. The number of hydrogen-bond acceptors (Lipinski definition) is 8. The Labute approximate surface area is 254 Å². The van der Waals surface area contributed by atoms with Crippen LogP contribution in [0.2, 0.25) is 0 Å². The third-order valence-corrected chi connectivity index (χ3v) is 8.17. The van der Waals surface area contributed by atoms with Gasteiger partial charge in [-0.2, -0.15) is 18.3 Å². The van der Waals surface area contributed by atoms with Crippen LogP contribution in [0, 0.1) is 17.8 Å². The van der Waals surface area contributed by atoms with E-state index in [1.165, 1.54) is 21.5 Å². The Morgan fingerprint density at radius 3 is 2.70 bits per heavy atom. The molecule has 10 nitrogen and oxygen atoms in total. The molecule has 5 rings (SSSR count). The lowest BCUT2D eigenvalue weighted by Crippen LogP contribution is -2.45. The molecule has 1 amide bonds. The maximum absolute atomic E-state index is 13.6. The normalized spacial score (nSPS) is 21.4. The zero-order valence-electron chi connectivity index (χ0n) is 23.9. The van der Waals surface area contributed by atoms with Crippen molar-refractivity contribution in [2.24, 2.45) is 5.92 Å². The molecule has 0 aliphatic carbocycles. The van der Waals surface area contributed by atoms with Crippen molar-refractivity contribution in [3.63, 3.8) is 0 Å². The number of nitrogens with one attached hydrogen (secondary N) is 2. The van der Waals surface area contributed by atoms with Gasteiger partial charge in [-0.1, -0.05) is 5.92 Å². The zero-order chi connectivity index (χ0) is 31.3. The average molecular weight is 642 g/mol. The Bertz CT molecular complexity index is 1520. The number of anilines is 1. The third-order valence-electron chi connectivity index (χ3n) is 7.35. The van der Waals surface area contributed by atoms with Crippen LogP contribution in [0.25, 0.3) is 5.65 Å². The standard InChI is InChI=1S/C28H32F5N7O3S/c1-38-10-6-20-18(16-38)7-12-42-14-15-43-13-11-39-17-19(23(37-39)24(29)30)26(41)34-8-2-4-22-27(44-28(31,32)33)40-9-3-5-21(35-20)25(40)36-22/h3,5,9,17-18,20,24,35H,6-8,10-16H2,1H3,(H,34,41)/t18-,20-/m0/s1. The number of piperidine rings is 1. The van der Waals surface area contributed by atoms with Crippen LogP contribution < -0.4 is 10.6 Å². The van der Waals surface area contributed by atoms with Gasteiger partial charge in [-0.05, 0) is 50.4 Å². The molecule has 2 aliphatic rings. The second kappa shape index (κ2) is 14.1. The van der Waals surface area contributed by atoms with Gasteiger partial charge in [0.15, 0.2) is 5.65 Å². The Morgan fingerprint density at radius 1 is 1.14 bits per heavy atom. The molecular weight excluding hydrogens is 609 g/mol. The van der Waals surface area contributed by atoms with E-state index in [1.807, 2.05) is 7.05 Å². The minimum Gasteiger partial charge on any atom is -0.379 e. The van der Waals surface area contributed by atoms with Crippen molar-refractivity contribution in [1.29, 1.82) is 0 Å². The Kier molecular flexibility index (Phi) is 10.3. The number of pyridine rings is 1. The maximum Gasteiger partial charge on any atom is 0.447 e. The van der Waals surface area contributed by atoms with Crippen LogP contribution in [0.4, 0.5) is 27.6 Å². The highest BCUT2D eigenvalue weighted by molar-refractivity contribution is 8.00. The number of hydrogen-bond donors (Lipinski definition) is 2. The van der Waals surface area contributed by atoms with E-state index >= 15 is 0 Å². The summed E-state index contributed by atoms with van der Waals surface area (Å²) < 4.78 is 81.9. The monoisotopic (exact) mass is 641 g/mol. The summed E-state index contributed by atoms with van der Waals surface area (Å²) >= 11 is -0.333. The quantitative estimate of drug-likeness (QED) is 0.246. The van der Waals surface area contributed by atoms with Gasteiger partial charge in [-0.3, -0.25) is 13.9 Å². The van der Waals surface area contributed by atoms with Crippen molar-refractivity contribution in [2.45, 2.75) is 42.4 Å². The molecule has 2 aliphatic heterocycles. The number of fused-ring (bicyclic) bond motifs is 4. The molecule has 16 heteroatoms. The second-order valence-corrected chi connectivity index (χ2v) is 11.5. The number of carbonyl (C=O) groups is 1. The van der Waals surface area contributed by atoms with Crippen molar-refractivity contribution >= 4 is 29.0 Å². The molecular formula is C28H32F5N7O3S. The molecule has 0 aromatic carbocycles. The number of halogens is 5. The number of ether oxygens (including phenoxy) is 2. The summed E-state index contributed by atoms with van der Waals surface area (Å²) in [4.78, 5) is 19.4. The van der Waals surface area contributed by atoms with E-state index in [1.54, 1.807) is 12.1 Å². The molecule has 0 spiro atoms. The van der Waals surface area contributed by atoms with E-state index < -0.39 is 23.5 Å². The van der Waals surface area contributed by atoms with Gasteiger partial charge >= 0.3 is 5.51 Å². The van der Waals surface area contributed by atoms with Crippen LogP contribution in [-0.4, -0.2) is 94.6 Å². The van der Waals surface area contributed by atoms with Gasteiger partial charge in [-0.25, -0.2) is 13.8 Å². The first-order chi connectivity index (χ1) is 21.1. The van der Waals surface area contributed by atoms with Gasteiger partial charge < -0.3 is 25.0 Å². The van der Waals surface area contributed by atoms with Crippen LogP contribution in [0.5, 0.6) is 0 Å². The molecule has 4 bridgehead atoms. The molecule has 2 atom stereocenters. The molecule has 1 fully saturated rings. The smallest absolute Gasteiger partial charge is 0.379 e. The largest absolute Gasteiger partial charge is 0.447 e. The number of thioether (sulfide) groups is 1. The number of likely N-dealkylation sites (tertiary alicyclic amines) is 1. The summed E-state index contributed by atoms with van der Waals surface area (Å²) in [6, 6.07) is 3.45. The molecule has 0 radical (unpaired) electrons. The summed E-state index contributed by atoms with van der Waals surface area (Å²) in [5, 5.41) is 9.54. The molecule has 2 N–H and O–H groups in total. The summed E-state index contributed by atoms with van der Waals surface area (Å²) in [5.41, 5.74) is -4.89. The fourth-order valence-corrected chi connectivity index (χ4v) is 5.95. The van der Waals surface area contributed by atoms with Gasteiger partial charge in [0, 0.05) is 43.3 Å². The predicted molar refractivity (Wildman–Crippen MR) is 153 cm³/mol. The fraction of sp³-hybridized carbons (Fsp3) is 0.536. The van der Waals surface area contributed by atoms with Gasteiger partial charge in [0.25, 0.3) is 12.3 Å². The summed E-state index contributed by atoms with van der Waals surface area (Å²) in [5.74, 6) is 4.60. The maximum atomic E-state index is 13.6. The summed E-state index contributed by atoms with van der Waals surface area (Å²) in [7, 11) is 2.05. The van der Waals surface area contributed by atoms with Gasteiger partial charge in [0.1, 0.15) is 16.4 Å². The zero-order valence-corrected chi connectivity index (χ0v) is 24.7. The second-order valence-electron chi connectivity index (χ2n) is 10.5. The number of carbonyl (C=O) groups excluding carboxylic acids is 1. The summed E-state index contributed by atoms with van der Waals surface area (Å²) in [6.07, 6.45) is 1.27. The SMILES string of the molecule is CN1CC[C@@H]2Nc3cccn4c(SC(F)(F)F)c(nc34)C#CCNC(=O)c3cn(nc3C(F)F)CCOCCOCC[C@H]2C1. The number of imidazole rings is 1. The van der Waals surface area contributed by atoms with E-state index in [4.69, 9.17) is 9.47 Å². The van der Waals surface area contributed by atoms with Crippen molar-refractivity contribution < 1.29 is 36.2 Å². The predicted octanol–water partition coefficient (Wildman–Crippen LogP) is 4.03. The first kappa shape index (κ1) is 32.0. The third kappa shape index (κ3) is 8.00. The lowest BCUT2D eigenvalue weighted by Gasteiger charge is -2.37. The summed E-state index contributed by atoms with van der Waals surface area (Å²) in [6.45, 7) is 2.79. The number of amides is 1. The van der Waals surface area contributed by atoms with Crippen LogP contribution >= 0.6 is 11.8 Å². The minimum absolute atomic E-state index is 0.0379. The fourth-order valence-electron chi connectivity index (χ4n) is 5.29. The number of aromatic nitrogens is 4. The topological polar surface area (TPSA) is 98.0 Å².